The average molecular weight is 381 g/mol. The summed E-state index contributed by atoms with van der Waals surface area (Å²) in [5, 5.41) is 0. The van der Waals surface area contributed by atoms with E-state index >= 15 is 0 Å². The van der Waals surface area contributed by atoms with Gasteiger partial charge in [-0.25, -0.2) is 4.39 Å². The van der Waals surface area contributed by atoms with Crippen LogP contribution < -0.4 is 0 Å². The molecule has 0 radical (unpaired) electrons. The molecule has 3 heterocycles. The third kappa shape index (κ3) is 4.25. The van der Waals surface area contributed by atoms with Crippen molar-refractivity contribution in [3.63, 3.8) is 0 Å². The summed E-state index contributed by atoms with van der Waals surface area (Å²) in [5.74, 6) is 0.482. The number of carbonyl (C=O) groups is 1. The zero-order chi connectivity index (χ0) is 19.5. The van der Waals surface area contributed by atoms with E-state index in [0.717, 1.165) is 68.8 Å². The summed E-state index contributed by atoms with van der Waals surface area (Å²) in [6.45, 7) is 3.60. The van der Waals surface area contributed by atoms with Crippen molar-refractivity contribution in [1.82, 2.24) is 14.8 Å². The van der Waals surface area contributed by atoms with Crippen molar-refractivity contribution in [2.75, 3.05) is 33.2 Å². The Labute approximate surface area is 166 Å². The first-order chi connectivity index (χ1) is 13.6. The van der Waals surface area contributed by atoms with E-state index in [-0.39, 0.29) is 17.7 Å². The number of rotatable bonds is 3. The molecular weight excluding hydrogens is 353 g/mol. The van der Waals surface area contributed by atoms with Crippen LogP contribution in [0.5, 0.6) is 0 Å². The minimum absolute atomic E-state index is 0.168. The van der Waals surface area contributed by atoms with E-state index in [9.17, 15) is 9.18 Å². The fourth-order valence-corrected chi connectivity index (χ4v) is 4.42. The Kier molecular flexibility index (Phi) is 5.72. The Balaban J connectivity index is 1.47. The van der Waals surface area contributed by atoms with Crippen molar-refractivity contribution in [3.8, 4) is 11.3 Å². The van der Waals surface area contributed by atoms with Gasteiger partial charge in [-0.05, 0) is 70.1 Å². The molecule has 2 aromatic rings. The molecule has 0 N–H and O–H groups in total. The van der Waals surface area contributed by atoms with Gasteiger partial charge in [-0.3, -0.25) is 9.78 Å². The van der Waals surface area contributed by atoms with Gasteiger partial charge in [0.15, 0.2) is 0 Å². The monoisotopic (exact) mass is 381 g/mol. The highest BCUT2D eigenvalue weighted by molar-refractivity contribution is 5.79. The number of hydrogen-bond donors (Lipinski definition) is 0. The summed E-state index contributed by atoms with van der Waals surface area (Å²) in [7, 11) is 2.12. The van der Waals surface area contributed by atoms with E-state index in [2.05, 4.69) is 16.8 Å². The SMILES string of the molecule is CN1CCC(C(=O)N2CCCC(c3cccc(-c4cccc(F)c4)n3)C2)CC1. The molecule has 28 heavy (non-hydrogen) atoms. The van der Waals surface area contributed by atoms with Crippen molar-refractivity contribution in [3.05, 3.63) is 54.0 Å². The molecule has 0 spiro atoms. The van der Waals surface area contributed by atoms with Crippen LogP contribution in [-0.4, -0.2) is 53.9 Å². The van der Waals surface area contributed by atoms with Crippen LogP contribution in [-0.2, 0) is 4.79 Å². The molecule has 4 nitrogen and oxygen atoms in total. The molecule has 1 aromatic carbocycles. The lowest BCUT2D eigenvalue weighted by molar-refractivity contribution is -0.138. The normalized spacial score (nSPS) is 21.6. The zero-order valence-corrected chi connectivity index (χ0v) is 16.5. The lowest BCUT2D eigenvalue weighted by Gasteiger charge is -2.37. The third-order valence-corrected chi connectivity index (χ3v) is 6.11. The highest BCUT2D eigenvalue weighted by atomic mass is 19.1. The first kappa shape index (κ1) is 19.1. The minimum Gasteiger partial charge on any atom is -0.342 e. The molecule has 2 fully saturated rings. The highest BCUT2D eigenvalue weighted by Crippen LogP contribution is 2.30. The van der Waals surface area contributed by atoms with Gasteiger partial charge < -0.3 is 9.80 Å². The number of carbonyl (C=O) groups excluding carboxylic acids is 1. The molecule has 1 amide bonds. The van der Waals surface area contributed by atoms with Crippen molar-refractivity contribution in [1.29, 1.82) is 0 Å². The fourth-order valence-electron chi connectivity index (χ4n) is 4.42. The number of halogens is 1. The summed E-state index contributed by atoms with van der Waals surface area (Å²) in [6, 6.07) is 12.5. The van der Waals surface area contributed by atoms with Crippen LogP contribution in [0.3, 0.4) is 0 Å². The van der Waals surface area contributed by atoms with E-state index in [1.165, 1.54) is 12.1 Å². The Hall–Kier alpha value is -2.27. The van der Waals surface area contributed by atoms with Gasteiger partial charge >= 0.3 is 0 Å². The molecule has 0 aliphatic carbocycles. The maximum atomic E-state index is 13.6. The number of hydrogen-bond acceptors (Lipinski definition) is 3. The molecular formula is C23H28FN3O. The molecule has 2 aliphatic rings. The largest absolute Gasteiger partial charge is 0.342 e. The molecule has 5 heteroatoms. The van der Waals surface area contributed by atoms with Crippen molar-refractivity contribution >= 4 is 5.91 Å². The van der Waals surface area contributed by atoms with Crippen LogP contribution in [0.4, 0.5) is 4.39 Å². The number of piperidine rings is 2. The van der Waals surface area contributed by atoms with Gasteiger partial charge in [-0.15, -0.1) is 0 Å². The molecule has 1 atom stereocenters. The van der Waals surface area contributed by atoms with Gasteiger partial charge in [-0.1, -0.05) is 18.2 Å². The van der Waals surface area contributed by atoms with Gasteiger partial charge in [0.05, 0.1) is 5.69 Å². The highest BCUT2D eigenvalue weighted by Gasteiger charge is 2.31. The van der Waals surface area contributed by atoms with Gasteiger partial charge in [0, 0.05) is 36.2 Å². The maximum absolute atomic E-state index is 13.6. The zero-order valence-electron chi connectivity index (χ0n) is 16.5. The maximum Gasteiger partial charge on any atom is 0.225 e. The standard InChI is InChI=1S/C23H28FN3O/c1-26-13-10-17(11-14-26)23(28)27-12-4-6-19(16-27)22-9-3-8-21(25-22)18-5-2-7-20(24)15-18/h2-3,5,7-9,15,17,19H,4,6,10-14,16H2,1H3. The van der Waals surface area contributed by atoms with Crippen LogP contribution in [0, 0.1) is 11.7 Å². The number of likely N-dealkylation sites (tertiary alicyclic amines) is 2. The van der Waals surface area contributed by atoms with E-state index in [4.69, 9.17) is 4.98 Å². The van der Waals surface area contributed by atoms with Crippen LogP contribution in [0.1, 0.15) is 37.3 Å². The van der Waals surface area contributed by atoms with Gasteiger partial charge in [0.25, 0.3) is 0 Å². The Bertz CT molecular complexity index is 832. The van der Waals surface area contributed by atoms with Gasteiger partial charge in [-0.2, -0.15) is 0 Å². The van der Waals surface area contributed by atoms with Gasteiger partial charge in [0.2, 0.25) is 5.91 Å². The van der Waals surface area contributed by atoms with Crippen LogP contribution in [0.15, 0.2) is 42.5 Å². The predicted molar refractivity (Wildman–Crippen MR) is 108 cm³/mol. The number of aromatic nitrogens is 1. The summed E-state index contributed by atoms with van der Waals surface area (Å²) < 4.78 is 13.6. The Morgan fingerprint density at radius 1 is 1.07 bits per heavy atom. The topological polar surface area (TPSA) is 36.4 Å². The molecule has 0 saturated carbocycles. The second-order valence-electron chi connectivity index (χ2n) is 8.16. The number of pyridine rings is 1. The fraction of sp³-hybridized carbons (Fsp3) is 0.478. The molecule has 2 aliphatic heterocycles. The summed E-state index contributed by atoms with van der Waals surface area (Å²) in [4.78, 5) is 22.2. The Morgan fingerprint density at radius 3 is 2.64 bits per heavy atom. The molecule has 1 aromatic heterocycles. The first-order valence-electron chi connectivity index (χ1n) is 10.3. The van der Waals surface area contributed by atoms with E-state index < -0.39 is 0 Å². The average Bonchev–Trinajstić information content (AvgIpc) is 2.74. The molecule has 4 rings (SSSR count). The number of nitrogens with zero attached hydrogens (tertiary/aromatic N) is 3. The third-order valence-electron chi connectivity index (χ3n) is 6.11. The van der Waals surface area contributed by atoms with E-state index in [1.54, 1.807) is 6.07 Å². The lowest BCUT2D eigenvalue weighted by atomic mass is 9.90. The van der Waals surface area contributed by atoms with E-state index in [0.29, 0.717) is 5.91 Å². The first-order valence-corrected chi connectivity index (χ1v) is 10.3. The molecule has 1 unspecified atom stereocenters. The van der Waals surface area contributed by atoms with E-state index in [1.807, 2.05) is 24.3 Å². The van der Waals surface area contributed by atoms with Crippen LogP contribution in [0.2, 0.25) is 0 Å². The van der Waals surface area contributed by atoms with Crippen LogP contribution >= 0.6 is 0 Å². The lowest BCUT2D eigenvalue weighted by Crippen LogP contribution is -2.45. The summed E-state index contributed by atoms with van der Waals surface area (Å²) in [5.41, 5.74) is 2.58. The second-order valence-corrected chi connectivity index (χ2v) is 8.16. The van der Waals surface area contributed by atoms with Crippen molar-refractivity contribution < 1.29 is 9.18 Å². The molecule has 2 saturated heterocycles. The van der Waals surface area contributed by atoms with Crippen molar-refractivity contribution in [2.45, 2.75) is 31.6 Å². The predicted octanol–water partition coefficient (Wildman–Crippen LogP) is 3.94. The van der Waals surface area contributed by atoms with Crippen LogP contribution in [0.25, 0.3) is 11.3 Å². The molecule has 148 valence electrons. The van der Waals surface area contributed by atoms with Gasteiger partial charge in [0.1, 0.15) is 5.82 Å². The number of amides is 1. The molecule has 0 bridgehead atoms. The second kappa shape index (κ2) is 8.39. The number of benzene rings is 1. The summed E-state index contributed by atoms with van der Waals surface area (Å²) in [6.07, 6.45) is 3.97. The minimum atomic E-state index is -0.253. The van der Waals surface area contributed by atoms with Crippen molar-refractivity contribution in [2.24, 2.45) is 5.92 Å². The quantitative estimate of drug-likeness (QED) is 0.808. The smallest absolute Gasteiger partial charge is 0.225 e. The Morgan fingerprint density at radius 2 is 1.86 bits per heavy atom. The summed E-state index contributed by atoms with van der Waals surface area (Å²) >= 11 is 0.